The van der Waals surface area contributed by atoms with Crippen molar-refractivity contribution in [3.8, 4) is 5.75 Å². The van der Waals surface area contributed by atoms with Crippen molar-refractivity contribution in [2.75, 3.05) is 0 Å². The fourth-order valence-electron chi connectivity index (χ4n) is 0.821. The van der Waals surface area contributed by atoms with Gasteiger partial charge in [-0.3, -0.25) is 0 Å². The van der Waals surface area contributed by atoms with Crippen LogP contribution < -0.4 is 17.3 Å². The topological polar surface area (TPSA) is 90.7 Å². The molecule has 0 fully saturated rings. The highest BCUT2D eigenvalue weighted by Crippen LogP contribution is 2.03. The summed E-state index contributed by atoms with van der Waals surface area (Å²) < 4.78 is 8.79. The van der Waals surface area contributed by atoms with E-state index >= 15 is 0 Å². The third-order valence-electron chi connectivity index (χ3n) is 1.41. The van der Waals surface area contributed by atoms with E-state index in [4.69, 9.17) is 16.9 Å². The zero-order valence-electron chi connectivity index (χ0n) is 6.31. The van der Waals surface area contributed by atoms with Crippen molar-refractivity contribution < 1.29 is 14.6 Å². The van der Waals surface area contributed by atoms with Gasteiger partial charge in [-0.05, 0) is 17.6 Å². The van der Waals surface area contributed by atoms with Crippen molar-refractivity contribution in [1.29, 1.82) is 0 Å². The molecule has 12 heavy (non-hydrogen) atoms. The van der Waals surface area contributed by atoms with Gasteiger partial charge >= 0.3 is 7.12 Å². The maximum atomic E-state index is 8.94. The summed E-state index contributed by atoms with van der Waals surface area (Å²) >= 11 is 0. The van der Waals surface area contributed by atoms with E-state index in [0.29, 0.717) is 5.46 Å². The molecule has 5 nitrogen and oxygen atoms in total. The molecule has 0 bridgehead atoms. The fraction of sp³-hybridized carbons (Fsp3) is 0. The zero-order chi connectivity index (χ0) is 8.97. The first-order valence-corrected chi connectivity index (χ1v) is 3.28. The lowest BCUT2D eigenvalue weighted by Crippen LogP contribution is -2.41. The molecule has 0 saturated carbocycles. The molecule has 1 aromatic rings. The van der Waals surface area contributed by atoms with Gasteiger partial charge in [0, 0.05) is 0 Å². The normalized spacial score (nSPS) is 9.83. The van der Waals surface area contributed by atoms with E-state index in [1.54, 1.807) is 12.1 Å². The van der Waals surface area contributed by atoms with Gasteiger partial charge in [-0.25, -0.2) is 11.8 Å². The van der Waals surface area contributed by atoms with Crippen LogP contribution in [0.5, 0.6) is 5.75 Å². The molecular formula is C6H9BN2O3. The average Bonchev–Trinajstić information content (AvgIpc) is 2.10. The standard InChI is InChI=1S/C6H9BN2O3/c8-11-7(12-9)5-1-3-6(10)4-2-5/h1-4,10H,8-9H2. The van der Waals surface area contributed by atoms with Gasteiger partial charge < -0.3 is 14.6 Å². The van der Waals surface area contributed by atoms with Gasteiger partial charge in [-0.2, -0.15) is 0 Å². The number of phenolic OH excluding ortho intramolecular Hbond substituents is 1. The Morgan fingerprint density at radius 3 is 2.00 bits per heavy atom. The van der Waals surface area contributed by atoms with E-state index in [0.717, 1.165) is 0 Å². The van der Waals surface area contributed by atoms with Crippen LogP contribution in [-0.2, 0) is 9.51 Å². The Kier molecular flexibility index (Phi) is 3.06. The summed E-state index contributed by atoms with van der Waals surface area (Å²) in [7, 11) is -0.800. The highest BCUT2D eigenvalue weighted by molar-refractivity contribution is 6.61. The molecule has 0 spiro atoms. The van der Waals surface area contributed by atoms with Crippen LogP contribution in [0.15, 0.2) is 24.3 Å². The lowest BCUT2D eigenvalue weighted by Gasteiger charge is -2.06. The molecule has 0 radical (unpaired) electrons. The van der Waals surface area contributed by atoms with Gasteiger partial charge in [0.2, 0.25) is 0 Å². The summed E-state index contributed by atoms with van der Waals surface area (Å²) in [5.41, 5.74) is 0.637. The highest BCUT2D eigenvalue weighted by atomic mass is 16.7. The Hall–Kier alpha value is -1.08. The summed E-state index contributed by atoms with van der Waals surface area (Å²) in [6.07, 6.45) is 0. The van der Waals surface area contributed by atoms with Crippen LogP contribution in [-0.4, -0.2) is 12.2 Å². The molecule has 0 atom stereocenters. The number of rotatable bonds is 3. The second-order valence-corrected chi connectivity index (χ2v) is 2.20. The van der Waals surface area contributed by atoms with E-state index in [1.165, 1.54) is 12.1 Å². The van der Waals surface area contributed by atoms with Crippen LogP contribution in [0.3, 0.4) is 0 Å². The molecule has 0 amide bonds. The van der Waals surface area contributed by atoms with Gasteiger partial charge in [0.1, 0.15) is 5.75 Å². The monoisotopic (exact) mass is 168 g/mol. The number of nitrogens with two attached hydrogens (primary N) is 2. The zero-order valence-corrected chi connectivity index (χ0v) is 6.31. The summed E-state index contributed by atoms with van der Waals surface area (Å²) in [5, 5.41) is 8.94. The number of aromatic hydroxyl groups is 1. The molecule has 5 N–H and O–H groups in total. The second-order valence-electron chi connectivity index (χ2n) is 2.20. The van der Waals surface area contributed by atoms with Crippen LogP contribution in [0.4, 0.5) is 0 Å². The highest BCUT2D eigenvalue weighted by Gasteiger charge is 2.18. The van der Waals surface area contributed by atoms with E-state index in [1.807, 2.05) is 0 Å². The summed E-state index contributed by atoms with van der Waals surface area (Å²) in [4.78, 5) is 0. The minimum Gasteiger partial charge on any atom is -0.508 e. The molecule has 64 valence electrons. The Morgan fingerprint density at radius 1 is 1.08 bits per heavy atom. The molecule has 0 aliphatic rings. The van der Waals surface area contributed by atoms with Crippen LogP contribution >= 0.6 is 0 Å². The fourth-order valence-corrected chi connectivity index (χ4v) is 0.821. The van der Waals surface area contributed by atoms with Gasteiger partial charge in [0.05, 0.1) is 0 Å². The summed E-state index contributed by atoms with van der Waals surface area (Å²) in [6.45, 7) is 0. The smallest absolute Gasteiger partial charge is 0.508 e. The van der Waals surface area contributed by atoms with Gasteiger partial charge in [0.15, 0.2) is 0 Å². The number of hydrogen-bond acceptors (Lipinski definition) is 5. The third-order valence-corrected chi connectivity index (χ3v) is 1.41. The maximum Gasteiger partial charge on any atom is 0.527 e. The number of hydrogen-bond donors (Lipinski definition) is 3. The predicted molar refractivity (Wildman–Crippen MR) is 44.0 cm³/mol. The van der Waals surface area contributed by atoms with Crippen molar-refractivity contribution in [2.45, 2.75) is 0 Å². The van der Waals surface area contributed by atoms with Crippen LogP contribution in [0.1, 0.15) is 0 Å². The van der Waals surface area contributed by atoms with Crippen LogP contribution in [0.25, 0.3) is 0 Å². The van der Waals surface area contributed by atoms with E-state index in [-0.39, 0.29) is 5.75 Å². The average molecular weight is 168 g/mol. The van der Waals surface area contributed by atoms with Crippen molar-refractivity contribution in [3.63, 3.8) is 0 Å². The van der Waals surface area contributed by atoms with E-state index in [9.17, 15) is 0 Å². The molecule has 1 aromatic carbocycles. The lowest BCUT2D eigenvalue weighted by atomic mass is 9.80. The molecule has 0 heterocycles. The minimum absolute atomic E-state index is 0.159. The molecular weight excluding hydrogens is 159 g/mol. The lowest BCUT2D eigenvalue weighted by molar-refractivity contribution is 0.215. The predicted octanol–water partition coefficient (Wildman–Crippen LogP) is -1.13. The van der Waals surface area contributed by atoms with Gasteiger partial charge in [-0.1, -0.05) is 12.1 Å². The van der Waals surface area contributed by atoms with Crippen LogP contribution in [0, 0.1) is 0 Å². The largest absolute Gasteiger partial charge is 0.527 e. The van der Waals surface area contributed by atoms with Gasteiger partial charge in [-0.15, -0.1) is 0 Å². The van der Waals surface area contributed by atoms with Crippen LogP contribution in [0.2, 0.25) is 0 Å². The first kappa shape index (κ1) is 9.02. The Balaban J connectivity index is 2.80. The molecule has 1 rings (SSSR count). The summed E-state index contributed by atoms with van der Waals surface area (Å²) in [5.74, 6) is 9.93. The molecule has 0 aliphatic carbocycles. The Bertz CT molecular complexity index is 237. The molecule has 6 heteroatoms. The molecule has 0 aliphatic heterocycles. The third kappa shape index (κ3) is 1.96. The first-order valence-electron chi connectivity index (χ1n) is 3.28. The van der Waals surface area contributed by atoms with E-state index in [2.05, 4.69) is 9.51 Å². The Labute approximate surface area is 69.9 Å². The van der Waals surface area contributed by atoms with Gasteiger partial charge in [0.25, 0.3) is 0 Å². The Morgan fingerprint density at radius 2 is 1.58 bits per heavy atom. The van der Waals surface area contributed by atoms with Crippen molar-refractivity contribution in [1.82, 2.24) is 0 Å². The number of benzene rings is 1. The van der Waals surface area contributed by atoms with Crippen molar-refractivity contribution in [2.24, 2.45) is 11.8 Å². The first-order chi connectivity index (χ1) is 5.77. The quantitative estimate of drug-likeness (QED) is 0.392. The van der Waals surface area contributed by atoms with Crippen molar-refractivity contribution >= 4 is 12.6 Å². The molecule has 0 unspecified atom stereocenters. The number of phenols is 1. The minimum atomic E-state index is -0.800. The van der Waals surface area contributed by atoms with Crippen molar-refractivity contribution in [3.05, 3.63) is 24.3 Å². The maximum absolute atomic E-state index is 8.94. The van der Waals surface area contributed by atoms with E-state index < -0.39 is 7.12 Å². The molecule has 0 aromatic heterocycles. The second kappa shape index (κ2) is 4.08. The SMILES string of the molecule is NOB(ON)c1ccc(O)cc1. The summed E-state index contributed by atoms with van der Waals surface area (Å²) in [6, 6.07) is 6.17. The molecule has 0 saturated heterocycles.